The summed E-state index contributed by atoms with van der Waals surface area (Å²) in [6, 6.07) is 11.2. The SMILES string of the molecule is CCN1CCCC1CCNCC(=O)N1c2ccccc2C(=O)Nc2cccnc21. The molecule has 29 heavy (non-hydrogen) atoms. The second-order valence-electron chi connectivity index (χ2n) is 7.47. The van der Waals surface area contributed by atoms with Crippen LogP contribution in [0.2, 0.25) is 0 Å². The van der Waals surface area contributed by atoms with E-state index in [1.165, 1.54) is 19.4 Å². The molecule has 0 radical (unpaired) electrons. The van der Waals surface area contributed by atoms with Crippen molar-refractivity contribution < 1.29 is 9.59 Å². The zero-order chi connectivity index (χ0) is 20.2. The molecule has 2 aliphatic heterocycles. The van der Waals surface area contributed by atoms with Gasteiger partial charge >= 0.3 is 0 Å². The standard InChI is InChI=1S/C22H27N5O2/c1-2-26-14-6-7-16(26)11-13-23-15-20(28)27-19-10-4-3-8-17(19)22(29)25-18-9-5-12-24-21(18)27/h3-5,8-10,12,16,23H,2,6-7,11,13-15H2,1H3,(H,25,29). The van der Waals surface area contributed by atoms with Crippen LogP contribution in [-0.4, -0.2) is 53.9 Å². The molecule has 1 aromatic heterocycles. The van der Waals surface area contributed by atoms with Crippen molar-refractivity contribution in [3.8, 4) is 0 Å². The van der Waals surface area contributed by atoms with E-state index in [1.807, 2.05) is 6.07 Å². The van der Waals surface area contributed by atoms with Crippen molar-refractivity contribution in [2.75, 3.05) is 36.4 Å². The number of para-hydroxylation sites is 1. The topological polar surface area (TPSA) is 77.6 Å². The van der Waals surface area contributed by atoms with Gasteiger partial charge in [-0.1, -0.05) is 19.1 Å². The van der Waals surface area contributed by atoms with E-state index in [2.05, 4.69) is 27.4 Å². The predicted molar refractivity (Wildman–Crippen MR) is 114 cm³/mol. The number of fused-ring (bicyclic) bond motifs is 2. The van der Waals surface area contributed by atoms with Crippen molar-refractivity contribution in [3.05, 3.63) is 48.2 Å². The molecule has 2 aliphatic rings. The minimum atomic E-state index is -0.237. The second-order valence-corrected chi connectivity index (χ2v) is 7.47. The van der Waals surface area contributed by atoms with Gasteiger partial charge in [0.15, 0.2) is 5.82 Å². The van der Waals surface area contributed by atoms with E-state index in [-0.39, 0.29) is 18.4 Å². The second kappa shape index (κ2) is 8.71. The molecule has 2 amide bonds. The highest BCUT2D eigenvalue weighted by atomic mass is 16.2. The monoisotopic (exact) mass is 393 g/mol. The number of benzene rings is 1. The van der Waals surface area contributed by atoms with Crippen LogP contribution < -0.4 is 15.5 Å². The molecule has 4 rings (SSSR count). The molecule has 0 bridgehead atoms. The molecule has 7 nitrogen and oxygen atoms in total. The molecule has 1 atom stereocenters. The quantitative estimate of drug-likeness (QED) is 0.738. The van der Waals surface area contributed by atoms with Gasteiger partial charge in [0.05, 0.1) is 23.5 Å². The normalized spacial score (nSPS) is 18.7. The van der Waals surface area contributed by atoms with E-state index < -0.39 is 0 Å². The number of nitrogens with zero attached hydrogens (tertiary/aromatic N) is 3. The van der Waals surface area contributed by atoms with E-state index >= 15 is 0 Å². The molecule has 3 heterocycles. The summed E-state index contributed by atoms with van der Waals surface area (Å²) in [5.41, 5.74) is 1.55. The van der Waals surface area contributed by atoms with E-state index in [9.17, 15) is 9.59 Å². The highest BCUT2D eigenvalue weighted by molar-refractivity contribution is 6.17. The number of amides is 2. The van der Waals surface area contributed by atoms with Gasteiger partial charge < -0.3 is 15.5 Å². The van der Waals surface area contributed by atoms with Gasteiger partial charge in [0.25, 0.3) is 5.91 Å². The van der Waals surface area contributed by atoms with Crippen LogP contribution in [-0.2, 0) is 4.79 Å². The van der Waals surface area contributed by atoms with Gasteiger partial charge in [-0.15, -0.1) is 0 Å². The van der Waals surface area contributed by atoms with Crippen LogP contribution in [0, 0.1) is 0 Å². The Balaban J connectivity index is 1.49. The van der Waals surface area contributed by atoms with E-state index in [0.717, 1.165) is 19.5 Å². The summed E-state index contributed by atoms with van der Waals surface area (Å²) in [5, 5.41) is 6.15. The molecule has 2 N–H and O–H groups in total. The van der Waals surface area contributed by atoms with Gasteiger partial charge in [0.1, 0.15) is 0 Å². The third kappa shape index (κ3) is 4.02. The largest absolute Gasteiger partial charge is 0.319 e. The van der Waals surface area contributed by atoms with Gasteiger partial charge in [-0.25, -0.2) is 4.98 Å². The highest BCUT2D eigenvalue weighted by Crippen LogP contribution is 2.35. The summed E-state index contributed by atoms with van der Waals surface area (Å²) in [7, 11) is 0. The van der Waals surface area contributed by atoms with Crippen molar-refractivity contribution in [1.82, 2.24) is 15.2 Å². The molecule has 0 saturated carbocycles. The summed E-state index contributed by atoms with van der Waals surface area (Å²) in [5.74, 6) is 0.0808. The fourth-order valence-corrected chi connectivity index (χ4v) is 4.27. The Morgan fingerprint density at radius 3 is 3.00 bits per heavy atom. The van der Waals surface area contributed by atoms with Crippen LogP contribution in [0.15, 0.2) is 42.6 Å². The Morgan fingerprint density at radius 2 is 2.14 bits per heavy atom. The number of pyridine rings is 1. The molecule has 1 saturated heterocycles. The number of likely N-dealkylation sites (tertiary alicyclic amines) is 1. The maximum Gasteiger partial charge on any atom is 0.257 e. The van der Waals surface area contributed by atoms with Gasteiger partial charge in [-0.2, -0.15) is 0 Å². The Hall–Kier alpha value is -2.77. The average molecular weight is 393 g/mol. The van der Waals surface area contributed by atoms with Crippen LogP contribution in [0.5, 0.6) is 0 Å². The van der Waals surface area contributed by atoms with Crippen molar-refractivity contribution in [3.63, 3.8) is 0 Å². The van der Waals surface area contributed by atoms with Crippen molar-refractivity contribution in [1.29, 1.82) is 0 Å². The van der Waals surface area contributed by atoms with E-state index in [0.29, 0.717) is 28.8 Å². The first-order valence-electron chi connectivity index (χ1n) is 10.3. The molecule has 1 unspecified atom stereocenters. The molecular formula is C22H27N5O2. The van der Waals surface area contributed by atoms with E-state index in [1.54, 1.807) is 41.4 Å². The number of carbonyl (C=O) groups is 2. The fraction of sp³-hybridized carbons (Fsp3) is 0.409. The number of anilines is 3. The van der Waals surface area contributed by atoms with Crippen molar-refractivity contribution >= 4 is 29.0 Å². The Morgan fingerprint density at radius 1 is 1.28 bits per heavy atom. The number of rotatable bonds is 6. The number of hydrogen-bond donors (Lipinski definition) is 2. The summed E-state index contributed by atoms with van der Waals surface area (Å²) in [4.78, 5) is 34.2. The molecule has 7 heteroatoms. The lowest BCUT2D eigenvalue weighted by molar-refractivity contribution is -0.117. The molecule has 1 aromatic carbocycles. The van der Waals surface area contributed by atoms with Crippen molar-refractivity contribution in [2.24, 2.45) is 0 Å². The Bertz CT molecular complexity index is 900. The van der Waals surface area contributed by atoms with Crippen LogP contribution in [0.4, 0.5) is 17.2 Å². The van der Waals surface area contributed by atoms with Crippen molar-refractivity contribution in [2.45, 2.75) is 32.2 Å². The zero-order valence-corrected chi connectivity index (χ0v) is 16.7. The highest BCUT2D eigenvalue weighted by Gasteiger charge is 2.30. The summed E-state index contributed by atoms with van der Waals surface area (Å²) in [6.45, 7) is 5.43. The van der Waals surface area contributed by atoms with Crippen LogP contribution in [0.1, 0.15) is 36.5 Å². The lowest BCUT2D eigenvalue weighted by Gasteiger charge is -2.24. The minimum Gasteiger partial charge on any atom is -0.319 e. The maximum absolute atomic E-state index is 13.2. The first-order chi connectivity index (χ1) is 14.2. The number of nitrogens with one attached hydrogen (secondary N) is 2. The molecular weight excluding hydrogens is 366 g/mol. The third-order valence-corrected chi connectivity index (χ3v) is 5.72. The van der Waals surface area contributed by atoms with Gasteiger partial charge in [0.2, 0.25) is 5.91 Å². The van der Waals surface area contributed by atoms with E-state index in [4.69, 9.17) is 0 Å². The summed E-state index contributed by atoms with van der Waals surface area (Å²) in [6.07, 6.45) is 5.15. The number of carbonyl (C=O) groups excluding carboxylic acids is 2. The number of aromatic nitrogens is 1. The molecule has 0 aliphatic carbocycles. The predicted octanol–water partition coefficient (Wildman–Crippen LogP) is 2.78. The summed E-state index contributed by atoms with van der Waals surface area (Å²) < 4.78 is 0. The lowest BCUT2D eigenvalue weighted by atomic mass is 10.1. The zero-order valence-electron chi connectivity index (χ0n) is 16.7. The molecule has 0 spiro atoms. The fourth-order valence-electron chi connectivity index (χ4n) is 4.27. The first kappa shape index (κ1) is 19.5. The number of hydrogen-bond acceptors (Lipinski definition) is 5. The smallest absolute Gasteiger partial charge is 0.257 e. The van der Waals surface area contributed by atoms with Gasteiger partial charge in [0, 0.05) is 12.2 Å². The maximum atomic E-state index is 13.2. The Labute approximate surface area is 171 Å². The molecule has 152 valence electrons. The lowest BCUT2D eigenvalue weighted by Crippen LogP contribution is -2.38. The molecule has 2 aromatic rings. The molecule has 1 fully saturated rings. The van der Waals surface area contributed by atoms with Gasteiger partial charge in [-0.05, 0) is 63.2 Å². The average Bonchev–Trinajstić information content (AvgIpc) is 3.15. The minimum absolute atomic E-state index is 0.132. The van der Waals surface area contributed by atoms with Crippen LogP contribution >= 0.6 is 0 Å². The van der Waals surface area contributed by atoms with Crippen LogP contribution in [0.3, 0.4) is 0 Å². The third-order valence-electron chi connectivity index (χ3n) is 5.72. The Kier molecular flexibility index (Phi) is 5.87. The van der Waals surface area contributed by atoms with Gasteiger partial charge in [-0.3, -0.25) is 14.5 Å². The van der Waals surface area contributed by atoms with Crippen LogP contribution in [0.25, 0.3) is 0 Å². The summed E-state index contributed by atoms with van der Waals surface area (Å²) >= 11 is 0. The first-order valence-corrected chi connectivity index (χ1v) is 10.3.